The lowest BCUT2D eigenvalue weighted by Crippen LogP contribution is -2.53. The number of ether oxygens (including phenoxy) is 2. The smallest absolute Gasteiger partial charge is 0.407 e. The fourth-order valence-electron chi connectivity index (χ4n) is 8.11. The highest BCUT2D eigenvalue weighted by Gasteiger charge is 2.53. The quantitative estimate of drug-likeness (QED) is 0.143. The molecule has 57 heavy (non-hydrogen) atoms. The molecule has 0 aliphatic carbocycles. The molecule has 0 spiro atoms. The molecule has 1 N–H and O–H groups in total. The van der Waals surface area contributed by atoms with Crippen molar-refractivity contribution < 1.29 is 42.2 Å². The maximum absolute atomic E-state index is 15.5. The Morgan fingerprint density at radius 3 is 2.26 bits per heavy atom. The fourth-order valence-corrected chi connectivity index (χ4v) is 9.44. The SMILES string of the molecule is CC(=O)O[C@H]1C(C(C)(C)C)N(C(=O)O)C[C@H]1CN(C(=O)[C@H](C)O[Si](C)(C)C(C)(C)C)[C@@H](c1nc(-c2cc(F)ccc2F)cn1Cc1ccccc1)C1CCOCC1. The third-order valence-electron chi connectivity index (χ3n) is 11.8. The second-order valence-corrected chi connectivity index (χ2v) is 23.0. The summed E-state index contributed by atoms with van der Waals surface area (Å²) in [5.41, 5.74) is 0.488. The molecule has 5 atom stereocenters. The van der Waals surface area contributed by atoms with E-state index in [1.54, 1.807) is 18.0 Å². The van der Waals surface area contributed by atoms with Gasteiger partial charge in [-0.2, -0.15) is 0 Å². The van der Waals surface area contributed by atoms with E-state index in [0.717, 1.165) is 23.8 Å². The molecule has 2 aliphatic rings. The van der Waals surface area contributed by atoms with Crippen LogP contribution in [-0.2, 0) is 30.0 Å². The predicted octanol–water partition coefficient (Wildman–Crippen LogP) is 8.54. The van der Waals surface area contributed by atoms with Gasteiger partial charge < -0.3 is 33.4 Å². The summed E-state index contributed by atoms with van der Waals surface area (Å²) in [4.78, 5) is 49.0. The van der Waals surface area contributed by atoms with Crippen molar-refractivity contribution in [2.45, 2.75) is 117 Å². The number of esters is 1. The van der Waals surface area contributed by atoms with Gasteiger partial charge in [-0.15, -0.1) is 0 Å². The second-order valence-electron chi connectivity index (χ2n) is 18.2. The molecule has 3 aromatic rings. The van der Waals surface area contributed by atoms with Crippen LogP contribution in [0.5, 0.6) is 0 Å². The van der Waals surface area contributed by atoms with Gasteiger partial charge in [-0.25, -0.2) is 18.6 Å². The summed E-state index contributed by atoms with van der Waals surface area (Å²) in [7, 11) is -2.51. The first-order chi connectivity index (χ1) is 26.6. The van der Waals surface area contributed by atoms with Crippen LogP contribution in [0.1, 0.15) is 85.7 Å². The van der Waals surface area contributed by atoms with E-state index < -0.39 is 67.6 Å². The maximum Gasteiger partial charge on any atom is 0.407 e. The Labute approximate surface area is 336 Å². The van der Waals surface area contributed by atoms with E-state index in [4.69, 9.17) is 18.9 Å². The van der Waals surface area contributed by atoms with Gasteiger partial charge in [0.05, 0.1) is 17.8 Å². The number of carbonyl (C=O) groups is 3. The monoisotopic (exact) mass is 810 g/mol. The molecule has 1 unspecified atom stereocenters. The number of halogens is 2. The second kappa shape index (κ2) is 17.4. The Morgan fingerprint density at radius 1 is 1.04 bits per heavy atom. The standard InChI is InChI=1S/C43H60F2N4O7Si/c1-27(56-57(9,10)43(6,7)8)40(51)48(24-31-25-49(41(52)53)38(42(3,4)5)37(31)55-28(2)50)36(30-18-20-54-21-19-30)39-46-35(33-22-32(44)16-17-34(33)45)26-47(39)23-29-14-12-11-13-15-29/h11-17,22,26-27,30-31,36-38H,18-21,23-25H2,1-10H3,(H,52,53)/t27-,31+,36+,37+,38?/m0/s1. The summed E-state index contributed by atoms with van der Waals surface area (Å²) >= 11 is 0. The molecule has 2 aliphatic heterocycles. The summed E-state index contributed by atoms with van der Waals surface area (Å²) in [5.74, 6) is -2.51. The lowest BCUT2D eigenvalue weighted by molar-refractivity contribution is -0.153. The number of aromatic nitrogens is 2. The first-order valence-corrected chi connectivity index (χ1v) is 22.8. The molecule has 0 saturated carbocycles. The number of likely N-dealkylation sites (tertiary alicyclic amines) is 1. The van der Waals surface area contributed by atoms with Crippen LogP contribution in [0.25, 0.3) is 11.3 Å². The number of hydrogen-bond donors (Lipinski definition) is 1. The Balaban J connectivity index is 1.74. The molecule has 11 nitrogen and oxygen atoms in total. The third-order valence-corrected chi connectivity index (χ3v) is 16.4. The number of imidazole rings is 1. The van der Waals surface area contributed by atoms with Crippen LogP contribution in [0.4, 0.5) is 13.6 Å². The number of nitrogens with zero attached hydrogens (tertiary/aromatic N) is 4. The number of rotatable bonds is 12. The zero-order valence-electron chi connectivity index (χ0n) is 35.1. The molecule has 312 valence electrons. The van der Waals surface area contributed by atoms with Gasteiger partial charge in [-0.1, -0.05) is 71.9 Å². The highest BCUT2D eigenvalue weighted by molar-refractivity contribution is 6.74. The largest absolute Gasteiger partial charge is 0.465 e. The minimum atomic E-state index is -2.51. The van der Waals surface area contributed by atoms with Crippen molar-refractivity contribution >= 4 is 26.3 Å². The van der Waals surface area contributed by atoms with E-state index >= 15 is 9.18 Å². The van der Waals surface area contributed by atoms with E-state index in [-0.39, 0.29) is 41.2 Å². The van der Waals surface area contributed by atoms with Crippen LogP contribution < -0.4 is 0 Å². The lowest BCUT2D eigenvalue weighted by atomic mass is 9.81. The van der Waals surface area contributed by atoms with Crippen LogP contribution in [0.15, 0.2) is 54.7 Å². The molecule has 2 amide bonds. The number of benzene rings is 2. The van der Waals surface area contributed by atoms with Gasteiger partial charge >= 0.3 is 12.1 Å². The van der Waals surface area contributed by atoms with Crippen LogP contribution in [0, 0.1) is 28.9 Å². The van der Waals surface area contributed by atoms with Crippen molar-refractivity contribution in [1.82, 2.24) is 19.4 Å². The van der Waals surface area contributed by atoms with E-state index in [0.29, 0.717) is 38.4 Å². The summed E-state index contributed by atoms with van der Waals surface area (Å²) in [6.45, 7) is 20.4. The van der Waals surface area contributed by atoms with E-state index in [1.165, 1.54) is 11.8 Å². The highest BCUT2D eigenvalue weighted by atomic mass is 28.4. The van der Waals surface area contributed by atoms with Gasteiger partial charge in [0.25, 0.3) is 5.91 Å². The average Bonchev–Trinajstić information content (AvgIpc) is 3.70. The number of hydrogen-bond acceptors (Lipinski definition) is 7. The van der Waals surface area contributed by atoms with Crippen molar-refractivity contribution in [3.8, 4) is 11.3 Å². The van der Waals surface area contributed by atoms with E-state index in [2.05, 4.69) is 33.9 Å². The molecule has 3 heterocycles. The van der Waals surface area contributed by atoms with E-state index in [9.17, 15) is 19.1 Å². The molecule has 0 bridgehead atoms. The predicted molar refractivity (Wildman–Crippen MR) is 216 cm³/mol. The average molecular weight is 811 g/mol. The minimum absolute atomic E-state index is 0.00220. The zero-order valence-corrected chi connectivity index (χ0v) is 36.1. The molecule has 2 saturated heterocycles. The fraction of sp³-hybridized carbons (Fsp3) is 0.581. The highest BCUT2D eigenvalue weighted by Crippen LogP contribution is 2.43. The van der Waals surface area contributed by atoms with Crippen molar-refractivity contribution in [3.63, 3.8) is 0 Å². The molecule has 14 heteroatoms. The minimum Gasteiger partial charge on any atom is -0.465 e. The Kier molecular flexibility index (Phi) is 13.4. The van der Waals surface area contributed by atoms with Crippen molar-refractivity contribution in [2.75, 3.05) is 26.3 Å². The van der Waals surface area contributed by atoms with Crippen LogP contribution >= 0.6 is 0 Å². The van der Waals surface area contributed by atoms with Gasteiger partial charge in [-0.3, -0.25) is 9.59 Å². The van der Waals surface area contributed by atoms with Gasteiger partial charge in [0, 0.05) is 57.4 Å². The Bertz CT molecular complexity index is 1890. The molecule has 1 aromatic heterocycles. The first-order valence-electron chi connectivity index (χ1n) is 19.9. The van der Waals surface area contributed by atoms with Crippen molar-refractivity contribution in [2.24, 2.45) is 17.3 Å². The number of carbonyl (C=O) groups excluding carboxylic acids is 2. The normalized spacial score (nSPS) is 20.6. The molecule has 2 aromatic carbocycles. The summed E-state index contributed by atoms with van der Waals surface area (Å²) in [5, 5.41) is 10.3. The zero-order chi connectivity index (χ0) is 42.0. The molecule has 5 rings (SSSR count). The topological polar surface area (TPSA) is 123 Å². The molecular formula is C43H60F2N4O7Si. The summed E-state index contributed by atoms with van der Waals surface area (Å²) < 4.78 is 50.6. The third kappa shape index (κ3) is 10.1. The van der Waals surface area contributed by atoms with Gasteiger partial charge in [0.1, 0.15) is 29.7 Å². The summed E-state index contributed by atoms with van der Waals surface area (Å²) in [6.07, 6.45) is -0.0994. The van der Waals surface area contributed by atoms with E-state index in [1.807, 2.05) is 55.7 Å². The van der Waals surface area contributed by atoms with Gasteiger partial charge in [0.2, 0.25) is 0 Å². The summed E-state index contributed by atoms with van der Waals surface area (Å²) in [6, 6.07) is 11.5. The Hall–Kier alpha value is -4.14. The lowest BCUT2D eigenvalue weighted by Gasteiger charge is -2.43. The van der Waals surface area contributed by atoms with Gasteiger partial charge in [-0.05, 0) is 73.0 Å². The Morgan fingerprint density at radius 2 is 1.68 bits per heavy atom. The maximum atomic E-state index is 15.5. The molecule has 0 radical (unpaired) electrons. The van der Waals surface area contributed by atoms with Gasteiger partial charge in [0.15, 0.2) is 8.32 Å². The van der Waals surface area contributed by atoms with Crippen molar-refractivity contribution in [1.29, 1.82) is 0 Å². The molecular weight excluding hydrogens is 751 g/mol. The van der Waals surface area contributed by atoms with Crippen molar-refractivity contribution in [3.05, 3.63) is 77.8 Å². The first kappa shape index (κ1) is 44.0. The van der Waals surface area contributed by atoms with Crippen LogP contribution in [0.2, 0.25) is 18.1 Å². The number of carboxylic acid groups (broad SMARTS) is 1. The molecule has 2 fully saturated rings. The van der Waals surface area contributed by atoms with Crippen LogP contribution in [-0.4, -0.2) is 95.3 Å². The number of amides is 2. The van der Waals surface area contributed by atoms with Crippen LogP contribution in [0.3, 0.4) is 0 Å².